The van der Waals surface area contributed by atoms with Crippen LogP contribution in [0.4, 0.5) is 11.5 Å². The number of halogens is 2. The van der Waals surface area contributed by atoms with Gasteiger partial charge in [-0.15, -0.1) is 0 Å². The van der Waals surface area contributed by atoms with Crippen LogP contribution in [-0.2, 0) is 10.0 Å². The van der Waals surface area contributed by atoms with Gasteiger partial charge in [-0.25, -0.2) is 17.9 Å². The molecule has 0 spiro atoms. The van der Waals surface area contributed by atoms with Crippen LogP contribution >= 0.6 is 23.2 Å². The molecule has 0 saturated carbocycles. The summed E-state index contributed by atoms with van der Waals surface area (Å²) in [4.78, 5) is 16.6. The van der Waals surface area contributed by atoms with E-state index < -0.39 is 15.9 Å². The van der Waals surface area contributed by atoms with Crippen LogP contribution in [0.25, 0.3) is 5.65 Å². The van der Waals surface area contributed by atoms with Crippen LogP contribution in [0, 0.1) is 0 Å². The summed E-state index contributed by atoms with van der Waals surface area (Å²) in [5.74, 6) is -0.453. The normalized spacial score (nSPS) is 11.4. The van der Waals surface area contributed by atoms with Gasteiger partial charge in [0.1, 0.15) is 16.3 Å². The van der Waals surface area contributed by atoms with Crippen molar-refractivity contribution in [3.05, 3.63) is 82.6 Å². The molecule has 0 radical (unpaired) electrons. The second-order valence-electron chi connectivity index (χ2n) is 6.12. The molecule has 0 aliphatic carbocycles. The second kappa shape index (κ2) is 7.94. The van der Waals surface area contributed by atoms with Crippen molar-refractivity contribution in [3.63, 3.8) is 0 Å². The molecule has 0 aliphatic rings. The molecular weight excluding hydrogens is 449 g/mol. The lowest BCUT2D eigenvalue weighted by Gasteiger charge is -2.10. The van der Waals surface area contributed by atoms with E-state index in [4.69, 9.17) is 23.2 Å². The molecule has 4 rings (SSSR count). The first kappa shape index (κ1) is 20.1. The van der Waals surface area contributed by atoms with Gasteiger partial charge in [-0.2, -0.15) is 5.10 Å². The maximum Gasteiger partial charge on any atom is 0.266 e. The van der Waals surface area contributed by atoms with E-state index in [2.05, 4.69) is 20.1 Å². The molecule has 8 nitrogen and oxygen atoms in total. The lowest BCUT2D eigenvalue weighted by molar-refractivity contribution is 0.102. The Hall–Kier alpha value is -3.14. The lowest BCUT2D eigenvalue weighted by Crippen LogP contribution is -2.16. The van der Waals surface area contributed by atoms with Crippen molar-refractivity contribution in [1.82, 2.24) is 14.6 Å². The standard InChI is InChI=1S/C19H13Cl2N5O3S/c20-14-7-4-8-15(21)17(14)30(28,29)25-16-9-10-26-18(24-16)13(11-22-26)19(27)23-12-5-2-1-3-6-12/h1-11H,(H,23,27)(H,24,25). The van der Waals surface area contributed by atoms with Crippen LogP contribution < -0.4 is 10.0 Å². The molecule has 152 valence electrons. The first-order valence-electron chi connectivity index (χ1n) is 8.53. The number of fused-ring (bicyclic) bond motifs is 1. The average molecular weight is 462 g/mol. The number of carbonyl (C=O) groups excluding carboxylic acids is 1. The number of anilines is 2. The van der Waals surface area contributed by atoms with E-state index in [1.807, 2.05) is 6.07 Å². The Kier molecular flexibility index (Phi) is 5.33. The van der Waals surface area contributed by atoms with Crippen molar-refractivity contribution in [2.75, 3.05) is 10.0 Å². The highest BCUT2D eigenvalue weighted by Crippen LogP contribution is 2.30. The predicted octanol–water partition coefficient (Wildman–Crippen LogP) is 4.09. The van der Waals surface area contributed by atoms with Crippen LogP contribution in [0.3, 0.4) is 0 Å². The van der Waals surface area contributed by atoms with Gasteiger partial charge in [0.25, 0.3) is 15.9 Å². The van der Waals surface area contributed by atoms with Gasteiger partial charge in [0.05, 0.1) is 16.2 Å². The summed E-state index contributed by atoms with van der Waals surface area (Å²) >= 11 is 12.0. The molecular formula is C19H13Cl2N5O3S. The third-order valence-corrected chi connectivity index (χ3v) is 6.38. The molecule has 30 heavy (non-hydrogen) atoms. The number of hydrogen-bond acceptors (Lipinski definition) is 5. The highest BCUT2D eigenvalue weighted by Gasteiger charge is 2.23. The molecule has 2 N–H and O–H groups in total. The van der Waals surface area contributed by atoms with Crippen molar-refractivity contribution in [2.24, 2.45) is 0 Å². The van der Waals surface area contributed by atoms with Crippen molar-refractivity contribution in [3.8, 4) is 0 Å². The summed E-state index contributed by atoms with van der Waals surface area (Å²) < 4.78 is 29.2. The minimum Gasteiger partial charge on any atom is -0.322 e. The minimum atomic E-state index is -4.11. The van der Waals surface area contributed by atoms with Gasteiger partial charge < -0.3 is 5.32 Å². The van der Waals surface area contributed by atoms with Gasteiger partial charge in [-0.1, -0.05) is 47.5 Å². The number of para-hydroxylation sites is 1. The lowest BCUT2D eigenvalue weighted by atomic mass is 10.2. The van der Waals surface area contributed by atoms with Gasteiger partial charge in [0, 0.05) is 11.9 Å². The van der Waals surface area contributed by atoms with E-state index >= 15 is 0 Å². The first-order valence-corrected chi connectivity index (χ1v) is 10.8. The van der Waals surface area contributed by atoms with Gasteiger partial charge in [-0.05, 0) is 30.3 Å². The molecule has 1 amide bonds. The number of nitrogens with one attached hydrogen (secondary N) is 2. The van der Waals surface area contributed by atoms with E-state index in [-0.39, 0.29) is 32.0 Å². The molecule has 0 atom stereocenters. The number of aromatic nitrogens is 3. The molecule has 2 heterocycles. The van der Waals surface area contributed by atoms with Crippen LogP contribution in [0.15, 0.2) is 71.9 Å². The Morgan fingerprint density at radius 2 is 1.67 bits per heavy atom. The van der Waals surface area contributed by atoms with Crippen molar-refractivity contribution >= 4 is 56.3 Å². The second-order valence-corrected chi connectivity index (χ2v) is 8.55. The number of sulfonamides is 1. The quantitative estimate of drug-likeness (QED) is 0.465. The van der Waals surface area contributed by atoms with Crippen LogP contribution in [0.1, 0.15) is 10.4 Å². The largest absolute Gasteiger partial charge is 0.322 e. The topological polar surface area (TPSA) is 105 Å². The molecule has 4 aromatic rings. The third-order valence-electron chi connectivity index (χ3n) is 4.07. The minimum absolute atomic E-state index is 0.0206. The van der Waals surface area contributed by atoms with Crippen molar-refractivity contribution in [2.45, 2.75) is 4.90 Å². The monoisotopic (exact) mass is 461 g/mol. The zero-order chi connectivity index (χ0) is 21.3. The number of amides is 1. The molecule has 11 heteroatoms. The fourth-order valence-electron chi connectivity index (χ4n) is 2.73. The summed E-state index contributed by atoms with van der Waals surface area (Å²) in [6.45, 7) is 0. The SMILES string of the molecule is O=C(Nc1ccccc1)c1cnn2ccc(NS(=O)(=O)c3c(Cl)cccc3Cl)nc12. The van der Waals surface area contributed by atoms with Gasteiger partial charge in [-0.3, -0.25) is 9.52 Å². The molecule has 0 unspecified atom stereocenters. The Labute approximate surface area is 181 Å². The maximum atomic E-state index is 12.8. The Balaban J connectivity index is 1.67. The average Bonchev–Trinajstić information content (AvgIpc) is 3.11. The highest BCUT2D eigenvalue weighted by molar-refractivity contribution is 7.93. The van der Waals surface area contributed by atoms with Gasteiger partial charge in [0.15, 0.2) is 5.65 Å². The highest BCUT2D eigenvalue weighted by atomic mass is 35.5. The van der Waals surface area contributed by atoms with Crippen LogP contribution in [-0.4, -0.2) is 28.9 Å². The fraction of sp³-hybridized carbons (Fsp3) is 0. The first-order chi connectivity index (χ1) is 14.3. The molecule has 0 aliphatic heterocycles. The summed E-state index contributed by atoms with van der Waals surface area (Å²) in [6, 6.07) is 14.7. The molecule has 2 aromatic heterocycles. The molecule has 0 bridgehead atoms. The predicted molar refractivity (Wildman–Crippen MR) is 115 cm³/mol. The molecule has 2 aromatic carbocycles. The number of nitrogens with zero attached hydrogens (tertiary/aromatic N) is 3. The van der Waals surface area contributed by atoms with Crippen LogP contribution in [0.5, 0.6) is 0 Å². The number of rotatable bonds is 5. The summed E-state index contributed by atoms with van der Waals surface area (Å²) in [5, 5.41) is 6.77. The number of hydrogen-bond donors (Lipinski definition) is 2. The summed E-state index contributed by atoms with van der Waals surface area (Å²) in [6.07, 6.45) is 2.83. The van der Waals surface area contributed by atoms with Crippen LogP contribution in [0.2, 0.25) is 10.0 Å². The van der Waals surface area contributed by atoms with Crippen molar-refractivity contribution in [1.29, 1.82) is 0 Å². The Morgan fingerprint density at radius 3 is 2.37 bits per heavy atom. The summed E-state index contributed by atoms with van der Waals surface area (Å²) in [5.41, 5.74) is 0.955. The molecule has 0 fully saturated rings. The van der Waals surface area contributed by atoms with E-state index in [9.17, 15) is 13.2 Å². The van der Waals surface area contributed by atoms with E-state index in [1.54, 1.807) is 24.3 Å². The molecule has 0 saturated heterocycles. The summed E-state index contributed by atoms with van der Waals surface area (Å²) in [7, 11) is -4.11. The smallest absolute Gasteiger partial charge is 0.266 e. The zero-order valence-electron chi connectivity index (χ0n) is 15.1. The number of carbonyl (C=O) groups is 1. The van der Waals surface area contributed by atoms with Gasteiger partial charge >= 0.3 is 0 Å². The zero-order valence-corrected chi connectivity index (χ0v) is 17.4. The number of benzene rings is 2. The van der Waals surface area contributed by atoms with Gasteiger partial charge in [0.2, 0.25) is 0 Å². The van der Waals surface area contributed by atoms with E-state index in [0.717, 1.165) is 0 Å². The van der Waals surface area contributed by atoms with Crippen molar-refractivity contribution < 1.29 is 13.2 Å². The maximum absolute atomic E-state index is 12.8. The van der Waals surface area contributed by atoms with E-state index in [1.165, 1.54) is 41.2 Å². The Bertz CT molecular complexity index is 1340. The third kappa shape index (κ3) is 3.95. The van der Waals surface area contributed by atoms with E-state index in [0.29, 0.717) is 5.69 Å². The fourth-order valence-corrected chi connectivity index (χ4v) is 4.88. The Morgan fingerprint density at radius 1 is 0.967 bits per heavy atom.